The van der Waals surface area contributed by atoms with E-state index < -0.39 is 0 Å². The van der Waals surface area contributed by atoms with Gasteiger partial charge in [0.05, 0.1) is 6.73 Å². The van der Waals surface area contributed by atoms with Crippen molar-refractivity contribution in [2.24, 2.45) is 0 Å². The van der Waals surface area contributed by atoms with E-state index in [1.54, 1.807) is 18.9 Å². The molecule has 1 aliphatic rings. The average Bonchev–Trinajstić information content (AvgIpc) is 2.60. The number of nitrogens with one attached hydrogen (secondary N) is 1. The van der Waals surface area contributed by atoms with Crippen LogP contribution in [0.25, 0.3) is 0 Å². The summed E-state index contributed by atoms with van der Waals surface area (Å²) in [5.41, 5.74) is 2.64. The fraction of sp³-hybridized carbons (Fsp3) is 0.667. The van der Waals surface area contributed by atoms with Gasteiger partial charge >= 0.3 is 0 Å². The Bertz CT molecular complexity index is 300. The standard InChI is InChI=1S/C9H15N3OS/c1-13-6-12-4-3-8-7(5-12)9(14-2)11-10-8/h3-6H2,1-2H3,(H,10,11). The van der Waals surface area contributed by atoms with Gasteiger partial charge in [0.25, 0.3) is 0 Å². The number of fused-ring (bicyclic) bond motifs is 1. The van der Waals surface area contributed by atoms with Gasteiger partial charge in [-0.25, -0.2) is 0 Å². The Morgan fingerprint density at radius 1 is 1.64 bits per heavy atom. The van der Waals surface area contributed by atoms with Crippen LogP contribution in [0.4, 0.5) is 0 Å². The molecule has 2 heterocycles. The quantitative estimate of drug-likeness (QED) is 0.763. The Labute approximate surface area is 88.0 Å². The Hall–Kier alpha value is -0.520. The van der Waals surface area contributed by atoms with E-state index in [2.05, 4.69) is 21.4 Å². The summed E-state index contributed by atoms with van der Waals surface area (Å²) in [6.07, 6.45) is 3.11. The van der Waals surface area contributed by atoms with Gasteiger partial charge in [-0.2, -0.15) is 5.10 Å². The zero-order valence-electron chi connectivity index (χ0n) is 8.54. The van der Waals surface area contributed by atoms with E-state index in [-0.39, 0.29) is 0 Å². The molecule has 0 saturated carbocycles. The molecule has 5 heteroatoms. The van der Waals surface area contributed by atoms with Crippen molar-refractivity contribution >= 4 is 11.8 Å². The second-order valence-corrected chi connectivity index (χ2v) is 4.21. The van der Waals surface area contributed by atoms with Gasteiger partial charge in [0.15, 0.2) is 0 Å². The van der Waals surface area contributed by atoms with Crippen molar-refractivity contribution < 1.29 is 4.74 Å². The predicted octanol–water partition coefficient (Wildman–Crippen LogP) is 1.09. The van der Waals surface area contributed by atoms with Crippen LogP contribution in [0.2, 0.25) is 0 Å². The largest absolute Gasteiger partial charge is 0.369 e. The number of aromatic nitrogens is 2. The lowest BCUT2D eigenvalue weighted by Crippen LogP contribution is -2.31. The monoisotopic (exact) mass is 213 g/mol. The number of aromatic amines is 1. The van der Waals surface area contributed by atoms with Gasteiger partial charge in [0.1, 0.15) is 5.03 Å². The molecule has 0 fully saturated rings. The molecule has 1 aromatic heterocycles. The van der Waals surface area contributed by atoms with E-state index in [1.165, 1.54) is 11.3 Å². The van der Waals surface area contributed by atoms with E-state index in [0.29, 0.717) is 6.73 Å². The maximum absolute atomic E-state index is 5.13. The Balaban J connectivity index is 2.14. The lowest BCUT2D eigenvalue weighted by molar-refractivity contribution is 0.0536. The van der Waals surface area contributed by atoms with Gasteiger partial charge in [0.2, 0.25) is 0 Å². The molecule has 0 aliphatic carbocycles. The maximum Gasteiger partial charge on any atom is 0.122 e. The number of hydrogen-bond donors (Lipinski definition) is 1. The molecule has 2 rings (SSSR count). The summed E-state index contributed by atoms with van der Waals surface area (Å²) in [4.78, 5) is 2.29. The van der Waals surface area contributed by atoms with E-state index in [9.17, 15) is 0 Å². The topological polar surface area (TPSA) is 41.1 Å². The molecule has 0 amide bonds. The highest BCUT2D eigenvalue weighted by Crippen LogP contribution is 2.25. The molecule has 1 aromatic rings. The number of thioether (sulfide) groups is 1. The van der Waals surface area contributed by atoms with E-state index >= 15 is 0 Å². The van der Waals surface area contributed by atoms with Gasteiger partial charge < -0.3 is 4.74 Å². The third kappa shape index (κ3) is 1.80. The Kier molecular flexibility index (Phi) is 3.10. The van der Waals surface area contributed by atoms with Crippen LogP contribution in [0, 0.1) is 0 Å². The van der Waals surface area contributed by atoms with Gasteiger partial charge in [0, 0.05) is 37.9 Å². The molecule has 78 valence electrons. The van der Waals surface area contributed by atoms with Crippen molar-refractivity contribution in [2.75, 3.05) is 26.6 Å². The van der Waals surface area contributed by atoms with Crippen LogP contribution < -0.4 is 0 Å². The summed E-state index contributed by atoms with van der Waals surface area (Å²) in [6, 6.07) is 0. The van der Waals surface area contributed by atoms with Crippen molar-refractivity contribution in [1.82, 2.24) is 15.1 Å². The molecule has 0 unspecified atom stereocenters. The predicted molar refractivity (Wildman–Crippen MR) is 56.4 cm³/mol. The average molecular weight is 213 g/mol. The lowest BCUT2D eigenvalue weighted by Gasteiger charge is -2.25. The molecule has 1 aliphatic heterocycles. The number of methoxy groups -OCH3 is 1. The molecule has 14 heavy (non-hydrogen) atoms. The molecule has 1 N–H and O–H groups in total. The molecular formula is C9H15N3OS. The second-order valence-electron chi connectivity index (χ2n) is 3.41. The summed E-state index contributed by atoms with van der Waals surface area (Å²) in [5, 5.41) is 8.51. The number of ether oxygens (including phenoxy) is 1. The fourth-order valence-corrected chi connectivity index (χ4v) is 2.36. The van der Waals surface area contributed by atoms with Crippen LogP contribution in [0.1, 0.15) is 11.3 Å². The van der Waals surface area contributed by atoms with Gasteiger partial charge in [-0.15, -0.1) is 11.8 Å². The number of hydrogen-bond acceptors (Lipinski definition) is 4. The van der Waals surface area contributed by atoms with E-state index in [4.69, 9.17) is 4.74 Å². The van der Waals surface area contributed by atoms with Crippen LogP contribution in [-0.2, 0) is 17.7 Å². The minimum absolute atomic E-state index is 0.707. The molecule has 0 radical (unpaired) electrons. The normalized spacial score (nSPS) is 17.0. The third-order valence-electron chi connectivity index (χ3n) is 2.48. The Morgan fingerprint density at radius 2 is 2.50 bits per heavy atom. The highest BCUT2D eigenvalue weighted by atomic mass is 32.2. The van der Waals surface area contributed by atoms with Crippen molar-refractivity contribution in [1.29, 1.82) is 0 Å². The second kappa shape index (κ2) is 4.33. The van der Waals surface area contributed by atoms with Crippen LogP contribution in [0.5, 0.6) is 0 Å². The molecule has 0 spiro atoms. The first-order valence-electron chi connectivity index (χ1n) is 4.66. The summed E-state index contributed by atoms with van der Waals surface area (Å²) in [5.74, 6) is 0. The van der Waals surface area contributed by atoms with Crippen molar-refractivity contribution in [3.8, 4) is 0 Å². The molecule has 0 saturated heterocycles. The number of nitrogens with zero attached hydrogens (tertiary/aromatic N) is 2. The van der Waals surface area contributed by atoms with E-state index in [0.717, 1.165) is 24.5 Å². The molecule has 0 aromatic carbocycles. The molecular weight excluding hydrogens is 198 g/mol. The van der Waals surface area contributed by atoms with Gasteiger partial charge in [-0.3, -0.25) is 10.00 Å². The van der Waals surface area contributed by atoms with Gasteiger partial charge in [-0.1, -0.05) is 0 Å². The number of rotatable bonds is 3. The van der Waals surface area contributed by atoms with Crippen LogP contribution in [0.3, 0.4) is 0 Å². The first kappa shape index (κ1) is 10.0. The van der Waals surface area contributed by atoms with E-state index in [1.807, 2.05) is 0 Å². The van der Waals surface area contributed by atoms with Crippen molar-refractivity contribution in [3.05, 3.63) is 11.3 Å². The molecule has 0 atom stereocenters. The van der Waals surface area contributed by atoms with Crippen LogP contribution >= 0.6 is 11.8 Å². The van der Waals surface area contributed by atoms with Crippen LogP contribution in [0.15, 0.2) is 5.03 Å². The SMILES string of the molecule is COCN1CCc2[nH]nc(SC)c2C1. The van der Waals surface area contributed by atoms with Gasteiger partial charge in [-0.05, 0) is 6.26 Å². The van der Waals surface area contributed by atoms with Crippen LogP contribution in [-0.4, -0.2) is 41.7 Å². The lowest BCUT2D eigenvalue weighted by atomic mass is 10.1. The summed E-state index contributed by atoms with van der Waals surface area (Å²) in [6.45, 7) is 2.71. The first-order chi connectivity index (χ1) is 6.85. The third-order valence-corrected chi connectivity index (χ3v) is 3.20. The minimum Gasteiger partial charge on any atom is -0.369 e. The zero-order valence-corrected chi connectivity index (χ0v) is 9.36. The number of H-pyrrole nitrogens is 1. The van der Waals surface area contributed by atoms with Crippen molar-refractivity contribution in [2.45, 2.75) is 18.0 Å². The fourth-order valence-electron chi connectivity index (χ4n) is 1.79. The molecule has 4 nitrogen and oxygen atoms in total. The zero-order chi connectivity index (χ0) is 9.97. The first-order valence-corrected chi connectivity index (χ1v) is 5.89. The summed E-state index contributed by atoms with van der Waals surface area (Å²) >= 11 is 1.70. The Morgan fingerprint density at radius 3 is 3.21 bits per heavy atom. The highest BCUT2D eigenvalue weighted by Gasteiger charge is 2.20. The highest BCUT2D eigenvalue weighted by molar-refractivity contribution is 7.98. The smallest absolute Gasteiger partial charge is 0.122 e. The minimum atomic E-state index is 0.707. The summed E-state index contributed by atoms with van der Waals surface area (Å²) in [7, 11) is 1.74. The van der Waals surface area contributed by atoms with Crippen molar-refractivity contribution in [3.63, 3.8) is 0 Å². The summed E-state index contributed by atoms with van der Waals surface area (Å²) < 4.78 is 5.13. The maximum atomic E-state index is 5.13. The molecule has 0 bridgehead atoms.